The number of nitrogens with zero attached hydrogens (tertiary/aromatic N) is 2. The van der Waals surface area contributed by atoms with Crippen LogP contribution >= 0.6 is 0 Å². The van der Waals surface area contributed by atoms with Crippen molar-refractivity contribution in [2.75, 3.05) is 26.8 Å². The van der Waals surface area contributed by atoms with Gasteiger partial charge in [-0.05, 0) is 20.8 Å². The number of nitrogens with one attached hydrogen (secondary N) is 1. The van der Waals surface area contributed by atoms with Crippen LogP contribution in [0, 0.1) is 11.3 Å². The van der Waals surface area contributed by atoms with Crippen molar-refractivity contribution in [3.8, 4) is 6.07 Å². The first kappa shape index (κ1) is 14.9. The zero-order valence-corrected chi connectivity index (χ0v) is 10.5. The van der Waals surface area contributed by atoms with Crippen LogP contribution in [0.25, 0.3) is 0 Å². The van der Waals surface area contributed by atoms with Crippen LogP contribution in [0.1, 0.15) is 20.8 Å². The van der Waals surface area contributed by atoms with Crippen molar-refractivity contribution in [2.45, 2.75) is 32.9 Å². The van der Waals surface area contributed by atoms with Gasteiger partial charge in [0.2, 0.25) is 5.91 Å². The van der Waals surface area contributed by atoms with Gasteiger partial charge in [-0.2, -0.15) is 5.26 Å². The summed E-state index contributed by atoms with van der Waals surface area (Å²) in [6, 6.07) is 2.23. The summed E-state index contributed by atoms with van der Waals surface area (Å²) >= 11 is 0. The lowest BCUT2D eigenvalue weighted by molar-refractivity contribution is -0.123. The van der Waals surface area contributed by atoms with E-state index in [0.717, 1.165) is 0 Å². The van der Waals surface area contributed by atoms with Crippen LogP contribution < -0.4 is 5.32 Å². The molecule has 1 unspecified atom stereocenters. The first-order chi connectivity index (χ1) is 7.51. The quantitative estimate of drug-likeness (QED) is 0.638. The predicted octanol–water partition coefficient (Wildman–Crippen LogP) is 0.371. The van der Waals surface area contributed by atoms with Crippen molar-refractivity contribution >= 4 is 5.91 Å². The average Bonchev–Trinajstić information content (AvgIpc) is 2.16. The number of hydrogen-bond donors (Lipinski definition) is 1. The zero-order chi connectivity index (χ0) is 12.6. The predicted molar refractivity (Wildman–Crippen MR) is 61.8 cm³/mol. The lowest BCUT2D eigenvalue weighted by Gasteiger charge is -2.23. The molecule has 0 saturated carbocycles. The van der Waals surface area contributed by atoms with Gasteiger partial charge in [-0.25, -0.2) is 0 Å². The molecule has 0 bridgehead atoms. The molecular weight excluding hydrogens is 206 g/mol. The van der Waals surface area contributed by atoms with E-state index in [1.165, 1.54) is 0 Å². The molecule has 0 aliphatic carbocycles. The number of ether oxygens (including phenoxy) is 1. The molecule has 1 amide bonds. The number of methoxy groups -OCH3 is 1. The van der Waals surface area contributed by atoms with Gasteiger partial charge in [0.25, 0.3) is 0 Å². The Morgan fingerprint density at radius 3 is 2.56 bits per heavy atom. The fourth-order valence-electron chi connectivity index (χ4n) is 1.31. The maximum absolute atomic E-state index is 11.6. The van der Waals surface area contributed by atoms with Gasteiger partial charge >= 0.3 is 0 Å². The molecule has 1 atom stereocenters. The van der Waals surface area contributed by atoms with Gasteiger partial charge in [0.15, 0.2) is 0 Å². The maximum atomic E-state index is 11.6. The number of amides is 1. The Labute approximate surface area is 97.4 Å². The molecule has 0 saturated heterocycles. The van der Waals surface area contributed by atoms with Crippen molar-refractivity contribution in [1.82, 2.24) is 10.2 Å². The summed E-state index contributed by atoms with van der Waals surface area (Å²) in [5.74, 6) is -0.0755. The summed E-state index contributed by atoms with van der Waals surface area (Å²) in [6.45, 7) is 6.81. The minimum atomic E-state index is -0.0755. The molecule has 92 valence electrons. The Bertz CT molecular complexity index is 248. The first-order valence-corrected chi connectivity index (χ1v) is 5.40. The monoisotopic (exact) mass is 227 g/mol. The van der Waals surface area contributed by atoms with Crippen molar-refractivity contribution in [1.29, 1.82) is 5.26 Å². The summed E-state index contributed by atoms with van der Waals surface area (Å²) in [5.41, 5.74) is 0. The Morgan fingerprint density at radius 2 is 2.12 bits per heavy atom. The Hall–Kier alpha value is -1.12. The molecule has 0 fully saturated rings. The van der Waals surface area contributed by atoms with Crippen LogP contribution in [0.5, 0.6) is 0 Å². The Balaban J connectivity index is 4.05. The van der Waals surface area contributed by atoms with Gasteiger partial charge in [0.1, 0.15) is 0 Å². The van der Waals surface area contributed by atoms with Gasteiger partial charge in [-0.15, -0.1) is 0 Å². The summed E-state index contributed by atoms with van der Waals surface area (Å²) in [7, 11) is 1.60. The molecule has 16 heavy (non-hydrogen) atoms. The third-order valence-electron chi connectivity index (χ3n) is 2.17. The third-order valence-corrected chi connectivity index (χ3v) is 2.17. The number of hydrogen-bond acceptors (Lipinski definition) is 4. The van der Waals surface area contributed by atoms with Crippen LogP contribution in [-0.4, -0.2) is 49.7 Å². The molecule has 0 spiro atoms. The molecule has 5 nitrogen and oxygen atoms in total. The molecule has 0 aliphatic heterocycles. The fourth-order valence-corrected chi connectivity index (χ4v) is 1.31. The lowest BCUT2D eigenvalue weighted by Crippen LogP contribution is -2.44. The molecule has 0 aromatic heterocycles. The third kappa shape index (κ3) is 6.38. The lowest BCUT2D eigenvalue weighted by atomic mass is 10.3. The second kappa shape index (κ2) is 8.08. The molecule has 1 N–H and O–H groups in total. The Kier molecular flexibility index (Phi) is 7.52. The van der Waals surface area contributed by atoms with Crippen LogP contribution in [0.2, 0.25) is 0 Å². The summed E-state index contributed by atoms with van der Waals surface area (Å²) < 4.78 is 4.92. The van der Waals surface area contributed by atoms with Gasteiger partial charge < -0.3 is 10.1 Å². The average molecular weight is 227 g/mol. The standard InChI is InChI=1S/C11H21N3O2/c1-9(2)14(6-5-12)7-11(15)13-10(3)8-16-4/h9-10H,6-8H2,1-4H3,(H,13,15). The molecule has 0 aromatic rings. The van der Waals surface area contributed by atoms with Crippen LogP contribution in [0.15, 0.2) is 0 Å². The molecule has 0 aliphatic rings. The highest BCUT2D eigenvalue weighted by Crippen LogP contribution is 1.96. The highest BCUT2D eigenvalue weighted by atomic mass is 16.5. The molecule has 0 radical (unpaired) electrons. The van der Waals surface area contributed by atoms with Crippen LogP contribution in [0.4, 0.5) is 0 Å². The van der Waals surface area contributed by atoms with E-state index in [1.807, 2.05) is 25.7 Å². The number of rotatable bonds is 7. The second-order valence-corrected chi connectivity index (χ2v) is 4.08. The number of nitriles is 1. The SMILES string of the molecule is COCC(C)NC(=O)CN(CC#N)C(C)C. The van der Waals surface area contributed by atoms with E-state index in [-0.39, 0.29) is 31.1 Å². The number of carbonyl (C=O) groups is 1. The van der Waals surface area contributed by atoms with Gasteiger partial charge in [-0.3, -0.25) is 9.69 Å². The zero-order valence-electron chi connectivity index (χ0n) is 10.5. The maximum Gasteiger partial charge on any atom is 0.234 e. The van der Waals surface area contributed by atoms with Gasteiger partial charge in [0.05, 0.1) is 25.8 Å². The smallest absolute Gasteiger partial charge is 0.234 e. The van der Waals surface area contributed by atoms with E-state index in [2.05, 4.69) is 11.4 Å². The van der Waals surface area contributed by atoms with E-state index in [1.54, 1.807) is 7.11 Å². The fraction of sp³-hybridized carbons (Fsp3) is 0.818. The van der Waals surface area contributed by atoms with Gasteiger partial charge in [0, 0.05) is 19.2 Å². The molecule has 5 heteroatoms. The van der Waals surface area contributed by atoms with E-state index in [4.69, 9.17) is 10.00 Å². The molecule has 0 heterocycles. The minimum Gasteiger partial charge on any atom is -0.383 e. The van der Waals surface area contributed by atoms with E-state index < -0.39 is 0 Å². The topological polar surface area (TPSA) is 65.4 Å². The van der Waals surface area contributed by atoms with Crippen LogP contribution in [-0.2, 0) is 9.53 Å². The first-order valence-electron chi connectivity index (χ1n) is 5.40. The second-order valence-electron chi connectivity index (χ2n) is 4.08. The Morgan fingerprint density at radius 1 is 1.50 bits per heavy atom. The number of carbonyl (C=O) groups excluding carboxylic acids is 1. The highest BCUT2D eigenvalue weighted by Gasteiger charge is 2.14. The van der Waals surface area contributed by atoms with Crippen LogP contribution in [0.3, 0.4) is 0 Å². The molecule has 0 aromatic carbocycles. The largest absolute Gasteiger partial charge is 0.383 e. The van der Waals surface area contributed by atoms with E-state index >= 15 is 0 Å². The summed E-state index contributed by atoms with van der Waals surface area (Å²) in [4.78, 5) is 13.4. The van der Waals surface area contributed by atoms with E-state index in [0.29, 0.717) is 6.61 Å². The molecular formula is C11H21N3O2. The van der Waals surface area contributed by atoms with Gasteiger partial charge in [-0.1, -0.05) is 0 Å². The molecule has 0 rings (SSSR count). The minimum absolute atomic E-state index is 0.00593. The van der Waals surface area contributed by atoms with Crippen molar-refractivity contribution in [3.05, 3.63) is 0 Å². The van der Waals surface area contributed by atoms with Crippen molar-refractivity contribution in [2.24, 2.45) is 0 Å². The summed E-state index contributed by atoms with van der Waals surface area (Å²) in [6.07, 6.45) is 0. The van der Waals surface area contributed by atoms with E-state index in [9.17, 15) is 4.79 Å². The van der Waals surface area contributed by atoms with Crippen molar-refractivity contribution in [3.63, 3.8) is 0 Å². The normalized spacial score (nSPS) is 12.6. The van der Waals surface area contributed by atoms with Crippen molar-refractivity contribution < 1.29 is 9.53 Å². The highest BCUT2D eigenvalue weighted by molar-refractivity contribution is 5.78. The summed E-state index contributed by atoms with van der Waals surface area (Å²) in [5, 5.41) is 11.4.